The smallest absolute Gasteiger partial charge is 0.251 e. The zero-order valence-electron chi connectivity index (χ0n) is 25.9. The van der Waals surface area contributed by atoms with E-state index in [4.69, 9.17) is 0 Å². The van der Waals surface area contributed by atoms with Gasteiger partial charge in [0.15, 0.2) is 0 Å². The third-order valence-electron chi connectivity index (χ3n) is 8.42. The highest BCUT2D eigenvalue weighted by Crippen LogP contribution is 2.25. The molecule has 1 heterocycles. The van der Waals surface area contributed by atoms with Crippen molar-refractivity contribution in [2.45, 2.75) is 95.9 Å². The van der Waals surface area contributed by atoms with Crippen LogP contribution in [0.25, 0.3) is 0 Å². The van der Waals surface area contributed by atoms with E-state index in [2.05, 4.69) is 21.3 Å². The van der Waals surface area contributed by atoms with Crippen LogP contribution < -0.4 is 26.2 Å². The number of aliphatic hydroxyl groups is 1. The Bertz CT molecular complexity index is 1280. The molecule has 10 heteroatoms. The molecule has 3 atom stereocenters. The number of nitrogens with one attached hydrogen (secondary N) is 4. The van der Waals surface area contributed by atoms with Gasteiger partial charge >= 0.3 is 0 Å². The summed E-state index contributed by atoms with van der Waals surface area (Å²) in [6.45, 7) is 4.82. The molecule has 2 fully saturated rings. The molecule has 2 aromatic carbocycles. The Balaban J connectivity index is 1.49. The topological polar surface area (TPSA) is 140 Å². The van der Waals surface area contributed by atoms with E-state index in [1.807, 2.05) is 37.3 Å². The second kappa shape index (κ2) is 16.4. The minimum Gasteiger partial charge on any atom is -0.390 e. The van der Waals surface area contributed by atoms with E-state index in [0.717, 1.165) is 37.7 Å². The van der Waals surface area contributed by atoms with Crippen LogP contribution in [0.3, 0.4) is 0 Å². The first-order chi connectivity index (χ1) is 21.2. The highest BCUT2D eigenvalue weighted by atomic mass is 16.3. The lowest BCUT2D eigenvalue weighted by molar-refractivity contribution is -0.123. The number of anilines is 1. The molecular weight excluding hydrogens is 558 g/mol. The van der Waals surface area contributed by atoms with Crippen LogP contribution >= 0.6 is 0 Å². The van der Waals surface area contributed by atoms with Crippen molar-refractivity contribution in [3.05, 3.63) is 65.2 Å². The number of hydrogen-bond acceptors (Lipinski definition) is 6. The molecule has 0 aromatic heterocycles. The third kappa shape index (κ3) is 9.37. The van der Waals surface area contributed by atoms with Crippen LogP contribution in [-0.2, 0) is 16.0 Å². The molecule has 0 bridgehead atoms. The van der Waals surface area contributed by atoms with Crippen molar-refractivity contribution < 1.29 is 24.3 Å². The molecule has 4 rings (SSSR count). The number of carbonyl (C=O) groups excluding carboxylic acids is 4. The first-order valence-electron chi connectivity index (χ1n) is 16.1. The van der Waals surface area contributed by atoms with Crippen molar-refractivity contribution in [3.8, 4) is 0 Å². The van der Waals surface area contributed by atoms with Crippen molar-refractivity contribution in [2.24, 2.45) is 0 Å². The van der Waals surface area contributed by atoms with Gasteiger partial charge in [0.1, 0.15) is 0 Å². The molecule has 1 saturated heterocycles. The second-order valence-corrected chi connectivity index (χ2v) is 12.0. The van der Waals surface area contributed by atoms with Gasteiger partial charge in [-0.05, 0) is 62.8 Å². The SMILES string of the molecule is CCCNC(=O)c1cc(C(=O)N[C@@H](Cc2ccccc2)[C@H](O)CN[C@@H](C)C(=O)NC2CCCCC2)cc(N2CCCC2=O)c1. The Kier molecular flexibility index (Phi) is 12.3. The summed E-state index contributed by atoms with van der Waals surface area (Å²) in [5.41, 5.74) is 1.94. The Morgan fingerprint density at radius 2 is 1.68 bits per heavy atom. The van der Waals surface area contributed by atoms with Crippen LogP contribution in [0.15, 0.2) is 48.5 Å². The highest BCUT2D eigenvalue weighted by molar-refractivity contribution is 6.03. The summed E-state index contributed by atoms with van der Waals surface area (Å²) in [4.78, 5) is 53.5. The van der Waals surface area contributed by atoms with E-state index in [-0.39, 0.29) is 35.9 Å². The fraction of sp³-hybridized carbons (Fsp3) is 0.529. The van der Waals surface area contributed by atoms with Crippen molar-refractivity contribution in [1.82, 2.24) is 21.3 Å². The molecular formula is C34H47N5O5. The van der Waals surface area contributed by atoms with Crippen molar-refractivity contribution in [3.63, 3.8) is 0 Å². The average molecular weight is 606 g/mol. The van der Waals surface area contributed by atoms with Crippen LogP contribution in [0, 0.1) is 0 Å². The zero-order chi connectivity index (χ0) is 31.5. The quantitative estimate of drug-likeness (QED) is 0.224. The van der Waals surface area contributed by atoms with E-state index in [9.17, 15) is 24.3 Å². The van der Waals surface area contributed by atoms with E-state index >= 15 is 0 Å². The largest absolute Gasteiger partial charge is 0.390 e. The van der Waals surface area contributed by atoms with Crippen LogP contribution in [0.5, 0.6) is 0 Å². The lowest BCUT2D eigenvalue weighted by atomic mass is 9.95. The molecule has 0 unspecified atom stereocenters. The van der Waals surface area contributed by atoms with Crippen molar-refractivity contribution in [2.75, 3.05) is 24.5 Å². The first-order valence-corrected chi connectivity index (χ1v) is 16.1. The summed E-state index contributed by atoms with van der Waals surface area (Å²) in [5, 5.41) is 23.4. The molecule has 5 N–H and O–H groups in total. The van der Waals surface area contributed by atoms with Gasteiger partial charge in [-0.1, -0.05) is 56.5 Å². The van der Waals surface area contributed by atoms with Gasteiger partial charge in [0.2, 0.25) is 11.8 Å². The van der Waals surface area contributed by atoms with Gasteiger partial charge in [0.05, 0.1) is 18.2 Å². The molecule has 0 spiro atoms. The molecule has 10 nitrogen and oxygen atoms in total. The minimum absolute atomic E-state index is 0.0485. The molecule has 2 aliphatic rings. The molecule has 2 aromatic rings. The minimum atomic E-state index is -1.01. The van der Waals surface area contributed by atoms with E-state index in [1.54, 1.807) is 24.0 Å². The fourth-order valence-electron chi connectivity index (χ4n) is 5.80. The van der Waals surface area contributed by atoms with Crippen molar-refractivity contribution >= 4 is 29.3 Å². The number of amides is 4. The Morgan fingerprint density at radius 1 is 0.977 bits per heavy atom. The number of aliphatic hydroxyl groups excluding tert-OH is 1. The fourth-order valence-corrected chi connectivity index (χ4v) is 5.80. The standard InChI is InChI=1S/C34H47N5O5/c1-3-16-35-33(43)25-19-26(21-28(20-25)39-17-10-15-31(39)41)34(44)38-29(18-24-11-6-4-7-12-24)30(40)22-36-23(2)32(42)37-27-13-8-5-9-14-27/h4,6-7,11-12,19-21,23,27,29-30,36,40H,3,5,8-10,13-18,22H2,1-2H3,(H,35,43)(H,37,42)(H,38,44)/t23-,29-,30+/m0/s1. The number of carbonyl (C=O) groups is 4. The number of nitrogens with zero attached hydrogens (tertiary/aromatic N) is 1. The Hall–Kier alpha value is -3.76. The first kappa shape index (κ1) is 33.1. The summed E-state index contributed by atoms with van der Waals surface area (Å²) >= 11 is 0. The second-order valence-electron chi connectivity index (χ2n) is 12.0. The Labute approximate surface area is 260 Å². The zero-order valence-corrected chi connectivity index (χ0v) is 25.9. The predicted octanol–water partition coefficient (Wildman–Crippen LogP) is 3.08. The molecule has 238 valence electrons. The molecule has 0 radical (unpaired) electrons. The predicted molar refractivity (Wildman–Crippen MR) is 171 cm³/mol. The number of benzene rings is 2. The number of hydrogen-bond donors (Lipinski definition) is 5. The Morgan fingerprint density at radius 3 is 2.34 bits per heavy atom. The lowest BCUT2D eigenvalue weighted by Crippen LogP contribution is -2.53. The molecule has 1 saturated carbocycles. The summed E-state index contributed by atoms with van der Waals surface area (Å²) in [6, 6.07) is 13.3. The van der Waals surface area contributed by atoms with Crippen LogP contribution in [0.4, 0.5) is 5.69 Å². The van der Waals surface area contributed by atoms with Gasteiger partial charge in [-0.15, -0.1) is 0 Å². The average Bonchev–Trinajstić information content (AvgIpc) is 3.48. The monoisotopic (exact) mass is 605 g/mol. The third-order valence-corrected chi connectivity index (χ3v) is 8.42. The molecule has 1 aliphatic heterocycles. The van der Waals surface area contributed by atoms with E-state index < -0.39 is 24.1 Å². The van der Waals surface area contributed by atoms with Gasteiger partial charge in [0.25, 0.3) is 11.8 Å². The van der Waals surface area contributed by atoms with Gasteiger partial charge in [-0.3, -0.25) is 19.2 Å². The maximum atomic E-state index is 13.7. The van der Waals surface area contributed by atoms with E-state index in [1.165, 1.54) is 12.5 Å². The van der Waals surface area contributed by atoms with E-state index in [0.29, 0.717) is 43.6 Å². The van der Waals surface area contributed by atoms with Crippen LogP contribution in [0.1, 0.15) is 91.5 Å². The summed E-state index contributed by atoms with van der Waals surface area (Å²) in [6.07, 6.45) is 6.65. The summed E-state index contributed by atoms with van der Waals surface area (Å²) in [7, 11) is 0. The molecule has 1 aliphatic carbocycles. The maximum Gasteiger partial charge on any atom is 0.251 e. The van der Waals surface area contributed by atoms with Gasteiger partial charge < -0.3 is 31.3 Å². The molecule has 44 heavy (non-hydrogen) atoms. The highest BCUT2D eigenvalue weighted by Gasteiger charge is 2.27. The van der Waals surface area contributed by atoms with Gasteiger partial charge in [0, 0.05) is 48.9 Å². The normalized spacial score (nSPS) is 17.5. The van der Waals surface area contributed by atoms with Crippen molar-refractivity contribution in [1.29, 1.82) is 0 Å². The van der Waals surface area contributed by atoms with Crippen LogP contribution in [0.2, 0.25) is 0 Å². The van der Waals surface area contributed by atoms with Crippen LogP contribution in [-0.4, -0.2) is 72.6 Å². The lowest BCUT2D eigenvalue weighted by Gasteiger charge is -2.28. The summed E-state index contributed by atoms with van der Waals surface area (Å²) in [5.74, 6) is -0.937. The summed E-state index contributed by atoms with van der Waals surface area (Å²) < 4.78 is 0. The van der Waals surface area contributed by atoms with Gasteiger partial charge in [-0.25, -0.2) is 0 Å². The maximum absolute atomic E-state index is 13.7. The van der Waals surface area contributed by atoms with Gasteiger partial charge in [-0.2, -0.15) is 0 Å². The number of rotatable bonds is 14. The molecule has 4 amide bonds.